The molecule has 98 valence electrons. The molecule has 1 aromatic heterocycles. The van der Waals surface area contributed by atoms with Crippen molar-refractivity contribution in [2.75, 3.05) is 13.1 Å². The van der Waals surface area contributed by atoms with Crippen molar-refractivity contribution in [3.8, 4) is 0 Å². The Morgan fingerprint density at radius 2 is 2.33 bits per heavy atom. The van der Waals surface area contributed by atoms with E-state index in [2.05, 4.69) is 0 Å². The third-order valence-electron chi connectivity index (χ3n) is 3.28. The molecule has 4 heteroatoms. The van der Waals surface area contributed by atoms with Crippen LogP contribution in [0.2, 0.25) is 0 Å². The largest absolute Gasteiger partial charge is 0.386 e. The summed E-state index contributed by atoms with van der Waals surface area (Å²) in [6, 6.07) is 2.04. The van der Waals surface area contributed by atoms with Gasteiger partial charge in [0.2, 0.25) is 5.91 Å². The van der Waals surface area contributed by atoms with Crippen LogP contribution < -0.4 is 0 Å². The zero-order chi connectivity index (χ0) is 13.2. The van der Waals surface area contributed by atoms with Crippen molar-refractivity contribution in [3.05, 3.63) is 28.0 Å². The minimum atomic E-state index is -0.642. The van der Waals surface area contributed by atoms with Crippen LogP contribution in [0.25, 0.3) is 6.08 Å². The highest BCUT2D eigenvalue weighted by Crippen LogP contribution is 2.26. The molecule has 1 amide bonds. The normalized spacial score (nSPS) is 18.1. The molecule has 3 nitrogen and oxygen atoms in total. The lowest BCUT2D eigenvalue weighted by Crippen LogP contribution is -2.63. The highest BCUT2D eigenvalue weighted by Gasteiger charge is 2.41. The highest BCUT2D eigenvalue weighted by molar-refractivity contribution is 7.11. The van der Waals surface area contributed by atoms with Crippen molar-refractivity contribution in [1.29, 1.82) is 0 Å². The van der Waals surface area contributed by atoms with Crippen LogP contribution in [0, 0.1) is 6.92 Å². The smallest absolute Gasteiger partial charge is 0.246 e. The summed E-state index contributed by atoms with van der Waals surface area (Å²) in [4.78, 5) is 14.7. The molecule has 0 bridgehead atoms. The average molecular weight is 265 g/mol. The van der Waals surface area contributed by atoms with Crippen LogP contribution in [0.3, 0.4) is 0 Å². The van der Waals surface area contributed by atoms with E-state index in [0.717, 1.165) is 17.7 Å². The number of amides is 1. The molecule has 0 radical (unpaired) electrons. The zero-order valence-electron chi connectivity index (χ0n) is 10.8. The maximum Gasteiger partial charge on any atom is 0.246 e. The van der Waals surface area contributed by atoms with E-state index in [0.29, 0.717) is 13.1 Å². The van der Waals surface area contributed by atoms with Gasteiger partial charge in [-0.3, -0.25) is 4.79 Å². The summed E-state index contributed by atoms with van der Waals surface area (Å²) in [6.07, 6.45) is 5.18. The molecule has 1 aromatic rings. The highest BCUT2D eigenvalue weighted by atomic mass is 32.1. The van der Waals surface area contributed by atoms with E-state index in [1.54, 1.807) is 22.3 Å². The van der Waals surface area contributed by atoms with Gasteiger partial charge in [0, 0.05) is 11.0 Å². The summed E-state index contributed by atoms with van der Waals surface area (Å²) in [7, 11) is 0. The van der Waals surface area contributed by atoms with E-state index in [-0.39, 0.29) is 5.91 Å². The van der Waals surface area contributed by atoms with Gasteiger partial charge in [0.05, 0.1) is 18.7 Å². The van der Waals surface area contributed by atoms with E-state index < -0.39 is 5.60 Å². The summed E-state index contributed by atoms with van der Waals surface area (Å²) in [5, 5.41) is 12.0. The molecular formula is C14H19NO2S. The molecule has 0 aliphatic carbocycles. The first-order valence-corrected chi connectivity index (χ1v) is 7.15. The van der Waals surface area contributed by atoms with Gasteiger partial charge >= 0.3 is 0 Å². The second-order valence-electron chi connectivity index (χ2n) is 4.97. The van der Waals surface area contributed by atoms with E-state index in [9.17, 15) is 9.90 Å². The van der Waals surface area contributed by atoms with Gasteiger partial charge in [-0.25, -0.2) is 0 Å². The molecule has 1 aliphatic rings. The Labute approximate surface area is 112 Å². The number of aryl methyl sites for hydroxylation is 1. The first-order chi connectivity index (χ1) is 8.54. The number of thiophene rings is 1. The summed E-state index contributed by atoms with van der Waals surface area (Å²) >= 11 is 1.63. The number of likely N-dealkylation sites (tertiary alicyclic amines) is 1. The fourth-order valence-corrected chi connectivity index (χ4v) is 3.07. The lowest BCUT2D eigenvalue weighted by Gasteiger charge is -2.46. The third kappa shape index (κ3) is 2.82. The van der Waals surface area contributed by atoms with Gasteiger partial charge in [-0.05, 0) is 36.4 Å². The van der Waals surface area contributed by atoms with Crippen molar-refractivity contribution in [1.82, 2.24) is 4.90 Å². The molecule has 0 saturated carbocycles. The fraction of sp³-hybridized carbons (Fsp3) is 0.500. The SMILES string of the molecule is CCCC1(O)CN(C(=O)C=Cc2sccc2C)C1. The number of nitrogens with zero attached hydrogens (tertiary/aromatic N) is 1. The van der Waals surface area contributed by atoms with E-state index >= 15 is 0 Å². The molecule has 1 N–H and O–H groups in total. The maximum absolute atomic E-state index is 11.9. The molecule has 1 aliphatic heterocycles. The predicted molar refractivity (Wildman–Crippen MR) is 74.5 cm³/mol. The molecule has 2 heterocycles. The molecule has 2 rings (SSSR count). The maximum atomic E-state index is 11.9. The summed E-state index contributed by atoms with van der Waals surface area (Å²) in [5.74, 6) is -0.0106. The number of β-amino-alcohol motifs (C(OH)–C–C–N with tert-alkyl or cyclic N) is 1. The Morgan fingerprint density at radius 1 is 1.61 bits per heavy atom. The number of aliphatic hydroxyl groups is 1. The minimum Gasteiger partial charge on any atom is -0.386 e. The molecule has 0 unspecified atom stereocenters. The quantitative estimate of drug-likeness (QED) is 0.849. The van der Waals surface area contributed by atoms with Gasteiger partial charge in [-0.1, -0.05) is 13.3 Å². The summed E-state index contributed by atoms with van der Waals surface area (Å²) in [5.41, 5.74) is 0.548. The fourth-order valence-electron chi connectivity index (χ4n) is 2.25. The first-order valence-electron chi connectivity index (χ1n) is 6.27. The van der Waals surface area contributed by atoms with Crippen LogP contribution in [0.1, 0.15) is 30.2 Å². The van der Waals surface area contributed by atoms with Crippen molar-refractivity contribution < 1.29 is 9.90 Å². The molecule has 0 aromatic carbocycles. The van der Waals surface area contributed by atoms with Crippen LogP contribution >= 0.6 is 11.3 Å². The zero-order valence-corrected chi connectivity index (χ0v) is 11.7. The second-order valence-corrected chi connectivity index (χ2v) is 5.92. The Bertz CT molecular complexity index is 458. The Balaban J connectivity index is 1.88. The van der Waals surface area contributed by atoms with Crippen LogP contribution in [0.15, 0.2) is 17.5 Å². The van der Waals surface area contributed by atoms with Crippen molar-refractivity contribution >= 4 is 23.3 Å². The molecule has 18 heavy (non-hydrogen) atoms. The minimum absolute atomic E-state index is 0.0106. The molecule has 0 atom stereocenters. The second kappa shape index (κ2) is 5.24. The lowest BCUT2D eigenvalue weighted by molar-refractivity contribution is -0.151. The van der Waals surface area contributed by atoms with E-state index in [1.165, 1.54) is 5.56 Å². The standard InChI is InChI=1S/C14H19NO2S/c1-3-7-14(17)9-15(10-14)13(16)5-4-12-11(2)6-8-18-12/h4-6,8,17H,3,7,9-10H2,1-2H3. The number of hydrogen-bond acceptors (Lipinski definition) is 3. The van der Waals surface area contributed by atoms with E-state index in [1.807, 2.05) is 31.4 Å². The first kappa shape index (κ1) is 13.3. The summed E-state index contributed by atoms with van der Waals surface area (Å²) in [6.45, 7) is 5.01. The average Bonchev–Trinajstić information content (AvgIpc) is 2.69. The van der Waals surface area contributed by atoms with Crippen molar-refractivity contribution in [2.24, 2.45) is 0 Å². The van der Waals surface area contributed by atoms with Crippen molar-refractivity contribution in [2.45, 2.75) is 32.3 Å². The van der Waals surface area contributed by atoms with Gasteiger partial charge in [0.15, 0.2) is 0 Å². The Hall–Kier alpha value is -1.13. The monoisotopic (exact) mass is 265 g/mol. The summed E-state index contributed by atoms with van der Waals surface area (Å²) < 4.78 is 0. The lowest BCUT2D eigenvalue weighted by atomic mass is 9.89. The number of rotatable bonds is 4. The number of hydrogen-bond donors (Lipinski definition) is 1. The van der Waals surface area contributed by atoms with Crippen LogP contribution in [-0.4, -0.2) is 34.6 Å². The Kier molecular flexibility index (Phi) is 3.88. The van der Waals surface area contributed by atoms with Crippen LogP contribution in [0.4, 0.5) is 0 Å². The molecule has 1 fully saturated rings. The van der Waals surface area contributed by atoms with Crippen LogP contribution in [0.5, 0.6) is 0 Å². The predicted octanol–water partition coefficient (Wildman–Crippen LogP) is 2.44. The van der Waals surface area contributed by atoms with Gasteiger partial charge in [-0.2, -0.15) is 0 Å². The molecule has 1 saturated heterocycles. The topological polar surface area (TPSA) is 40.5 Å². The molecule has 0 spiro atoms. The van der Waals surface area contributed by atoms with Gasteiger partial charge in [0.25, 0.3) is 0 Å². The molecular weight excluding hydrogens is 246 g/mol. The number of carbonyl (C=O) groups excluding carboxylic acids is 1. The Morgan fingerprint density at radius 3 is 2.89 bits per heavy atom. The van der Waals surface area contributed by atoms with Crippen LogP contribution in [-0.2, 0) is 4.79 Å². The van der Waals surface area contributed by atoms with E-state index in [4.69, 9.17) is 0 Å². The van der Waals surface area contributed by atoms with Gasteiger partial charge in [-0.15, -0.1) is 11.3 Å². The third-order valence-corrected chi connectivity index (χ3v) is 4.26. The van der Waals surface area contributed by atoms with Gasteiger partial charge in [0.1, 0.15) is 0 Å². The van der Waals surface area contributed by atoms with Gasteiger partial charge < -0.3 is 10.0 Å². The number of carbonyl (C=O) groups is 1. The van der Waals surface area contributed by atoms with Crippen molar-refractivity contribution in [3.63, 3.8) is 0 Å².